The number of hydrogen-bond acceptors (Lipinski definition) is 6. The zero-order valence-corrected chi connectivity index (χ0v) is 18.3. The first-order valence-electron chi connectivity index (χ1n) is 9.38. The summed E-state index contributed by atoms with van der Waals surface area (Å²) in [4.78, 5) is 44.8. The number of nitrogens with zero attached hydrogens (tertiary/aromatic N) is 2. The summed E-state index contributed by atoms with van der Waals surface area (Å²) in [7, 11) is 0. The lowest BCUT2D eigenvalue weighted by Gasteiger charge is -2.14. The second-order valence-corrected chi connectivity index (χ2v) is 7.67. The molecule has 1 unspecified atom stereocenters. The van der Waals surface area contributed by atoms with E-state index in [0.29, 0.717) is 22.0 Å². The number of nitrogens with one attached hydrogen (secondary N) is 1. The van der Waals surface area contributed by atoms with Crippen LogP contribution in [0.2, 0.25) is 0 Å². The van der Waals surface area contributed by atoms with Gasteiger partial charge in [-0.2, -0.15) is 0 Å². The molecular formula is C22H23N3O4S. The molecule has 30 heavy (non-hydrogen) atoms. The molecule has 2 heterocycles. The number of hydrogen-bond donors (Lipinski definition) is 1. The molecule has 1 N–H and O–H groups in total. The smallest absolute Gasteiger partial charge is 0.357 e. The molecule has 0 aliphatic heterocycles. The fourth-order valence-corrected chi connectivity index (χ4v) is 4.00. The Morgan fingerprint density at radius 2 is 1.83 bits per heavy atom. The van der Waals surface area contributed by atoms with Crippen LogP contribution in [0.5, 0.6) is 0 Å². The van der Waals surface area contributed by atoms with E-state index < -0.39 is 17.9 Å². The first kappa shape index (κ1) is 21.6. The van der Waals surface area contributed by atoms with Gasteiger partial charge < -0.3 is 9.72 Å². The maximum absolute atomic E-state index is 12.9. The number of ether oxygens (including phenoxy) is 1. The molecule has 1 aromatic carbocycles. The van der Waals surface area contributed by atoms with Crippen LogP contribution in [0.15, 0.2) is 41.7 Å². The Balaban J connectivity index is 1.87. The molecule has 0 saturated heterocycles. The number of para-hydroxylation sites is 1. The van der Waals surface area contributed by atoms with Crippen molar-refractivity contribution in [1.82, 2.24) is 14.5 Å². The first-order chi connectivity index (χ1) is 14.3. The number of aryl methyl sites for hydroxylation is 1. The maximum Gasteiger partial charge on any atom is 0.357 e. The second-order valence-electron chi connectivity index (χ2n) is 6.89. The third kappa shape index (κ3) is 3.95. The number of ketones is 2. The molecule has 0 aliphatic rings. The third-order valence-electron chi connectivity index (χ3n) is 4.82. The van der Waals surface area contributed by atoms with Crippen LogP contribution in [0, 0.1) is 13.8 Å². The van der Waals surface area contributed by atoms with E-state index >= 15 is 0 Å². The fourth-order valence-electron chi connectivity index (χ4n) is 3.45. The summed E-state index contributed by atoms with van der Waals surface area (Å²) >= 11 is 1.40. The SMILES string of the molecule is CSc1ncc(C(=O)OC(C)C(=O)c2[nH]c(C)c(C(C)=O)c2C)n1-c1ccccc1. The molecule has 3 aromatic rings. The highest BCUT2D eigenvalue weighted by Crippen LogP contribution is 2.24. The summed E-state index contributed by atoms with van der Waals surface area (Å²) in [5.74, 6) is -1.17. The normalized spacial score (nSPS) is 11.9. The van der Waals surface area contributed by atoms with Crippen LogP contribution in [-0.2, 0) is 4.74 Å². The third-order valence-corrected chi connectivity index (χ3v) is 5.48. The number of aromatic amines is 1. The summed E-state index contributed by atoms with van der Waals surface area (Å²) in [5.41, 5.74) is 2.95. The number of benzene rings is 1. The average Bonchev–Trinajstić information content (AvgIpc) is 3.28. The van der Waals surface area contributed by atoms with Crippen molar-refractivity contribution >= 4 is 29.3 Å². The molecule has 156 valence electrons. The standard InChI is InChI=1S/C22H23N3O4S/c1-12-18(14(3)26)13(2)24-19(12)20(27)15(4)29-21(28)17-11-23-22(30-5)25(17)16-9-7-6-8-10-16/h6-11,15,24H,1-5H3. The van der Waals surface area contributed by atoms with Crippen LogP contribution in [0.1, 0.15) is 56.4 Å². The van der Waals surface area contributed by atoms with Crippen LogP contribution in [0.3, 0.4) is 0 Å². The number of Topliss-reactive ketones (excluding diaryl/α,β-unsaturated/α-hetero) is 2. The lowest BCUT2D eigenvalue weighted by Crippen LogP contribution is -2.26. The number of carbonyl (C=O) groups excluding carboxylic acids is 3. The van der Waals surface area contributed by atoms with Gasteiger partial charge >= 0.3 is 5.97 Å². The monoisotopic (exact) mass is 425 g/mol. The second kappa shape index (κ2) is 8.71. The van der Waals surface area contributed by atoms with Crippen molar-refractivity contribution in [3.05, 3.63) is 64.7 Å². The molecule has 0 radical (unpaired) electrons. The summed E-state index contributed by atoms with van der Waals surface area (Å²) in [6, 6.07) is 9.34. The van der Waals surface area contributed by atoms with Crippen molar-refractivity contribution in [1.29, 1.82) is 0 Å². The Kier molecular flexibility index (Phi) is 6.26. The van der Waals surface area contributed by atoms with Crippen molar-refractivity contribution < 1.29 is 19.1 Å². The minimum Gasteiger partial charge on any atom is -0.449 e. The minimum absolute atomic E-state index is 0.124. The molecule has 7 nitrogen and oxygen atoms in total. The van der Waals surface area contributed by atoms with Gasteiger partial charge in [0.2, 0.25) is 5.78 Å². The summed E-state index contributed by atoms with van der Waals surface area (Å²) in [5, 5.41) is 0.633. The Bertz CT molecular complexity index is 1120. The van der Waals surface area contributed by atoms with Crippen LogP contribution in [0.25, 0.3) is 5.69 Å². The van der Waals surface area contributed by atoms with E-state index in [-0.39, 0.29) is 17.2 Å². The van der Waals surface area contributed by atoms with Crippen molar-refractivity contribution in [2.75, 3.05) is 6.26 Å². The highest BCUT2D eigenvalue weighted by molar-refractivity contribution is 7.98. The number of rotatable bonds is 7. The number of imidazole rings is 1. The van der Waals surface area contributed by atoms with E-state index in [0.717, 1.165) is 5.69 Å². The van der Waals surface area contributed by atoms with E-state index in [1.807, 2.05) is 36.6 Å². The molecule has 0 aliphatic carbocycles. The predicted molar refractivity (Wildman–Crippen MR) is 115 cm³/mol. The van der Waals surface area contributed by atoms with Gasteiger partial charge in [0.15, 0.2) is 22.7 Å². The van der Waals surface area contributed by atoms with Crippen LogP contribution in [-0.4, -0.2) is 44.4 Å². The summed E-state index contributed by atoms with van der Waals surface area (Å²) in [6.07, 6.45) is 2.27. The lowest BCUT2D eigenvalue weighted by molar-refractivity contribution is 0.0308. The highest BCUT2D eigenvalue weighted by Gasteiger charge is 2.28. The predicted octanol–water partition coefficient (Wildman–Crippen LogP) is 4.17. The van der Waals surface area contributed by atoms with Gasteiger partial charge in [0.05, 0.1) is 11.9 Å². The summed E-state index contributed by atoms with van der Waals surface area (Å²) in [6.45, 7) is 6.41. The van der Waals surface area contributed by atoms with Crippen molar-refractivity contribution in [3.8, 4) is 5.69 Å². The van der Waals surface area contributed by atoms with Crippen molar-refractivity contribution in [3.63, 3.8) is 0 Å². The zero-order valence-electron chi connectivity index (χ0n) is 17.5. The van der Waals surface area contributed by atoms with Crippen LogP contribution in [0.4, 0.5) is 0 Å². The van der Waals surface area contributed by atoms with Gasteiger partial charge in [-0.25, -0.2) is 9.78 Å². The Hall–Kier alpha value is -3.13. The van der Waals surface area contributed by atoms with E-state index in [1.54, 1.807) is 18.4 Å². The highest BCUT2D eigenvalue weighted by atomic mass is 32.2. The van der Waals surface area contributed by atoms with Crippen molar-refractivity contribution in [2.45, 2.75) is 39.0 Å². The van der Waals surface area contributed by atoms with Gasteiger partial charge in [0, 0.05) is 16.9 Å². The molecule has 0 bridgehead atoms. The van der Waals surface area contributed by atoms with Gasteiger partial charge in [0.25, 0.3) is 0 Å². The largest absolute Gasteiger partial charge is 0.449 e. The summed E-state index contributed by atoms with van der Waals surface area (Å²) < 4.78 is 7.17. The van der Waals surface area contributed by atoms with E-state index in [4.69, 9.17) is 4.74 Å². The van der Waals surface area contributed by atoms with E-state index in [9.17, 15) is 14.4 Å². The molecule has 2 aromatic heterocycles. The lowest BCUT2D eigenvalue weighted by atomic mass is 10.0. The minimum atomic E-state index is -1.04. The van der Waals surface area contributed by atoms with Gasteiger partial charge in [0.1, 0.15) is 0 Å². The maximum atomic E-state index is 12.9. The Labute approximate surface area is 178 Å². The molecular weight excluding hydrogens is 402 g/mol. The number of esters is 1. The first-order valence-corrected chi connectivity index (χ1v) is 10.6. The molecule has 3 rings (SSSR count). The van der Waals surface area contributed by atoms with Gasteiger partial charge in [-0.1, -0.05) is 30.0 Å². The molecule has 0 fully saturated rings. The van der Waals surface area contributed by atoms with Crippen LogP contribution < -0.4 is 0 Å². The van der Waals surface area contributed by atoms with Crippen molar-refractivity contribution in [2.24, 2.45) is 0 Å². The number of carbonyl (C=O) groups is 3. The van der Waals surface area contributed by atoms with E-state index in [1.165, 1.54) is 31.8 Å². The molecule has 8 heteroatoms. The van der Waals surface area contributed by atoms with Crippen LogP contribution >= 0.6 is 11.8 Å². The van der Waals surface area contributed by atoms with E-state index in [2.05, 4.69) is 9.97 Å². The fraction of sp³-hybridized carbons (Fsp3) is 0.273. The molecule has 1 atom stereocenters. The Morgan fingerprint density at radius 3 is 2.40 bits per heavy atom. The number of thioether (sulfide) groups is 1. The Morgan fingerprint density at radius 1 is 1.17 bits per heavy atom. The van der Waals surface area contributed by atoms with Gasteiger partial charge in [-0.15, -0.1) is 0 Å². The number of H-pyrrole nitrogens is 1. The molecule has 0 amide bonds. The average molecular weight is 426 g/mol. The zero-order chi connectivity index (χ0) is 22.0. The topological polar surface area (TPSA) is 94.1 Å². The molecule has 0 saturated carbocycles. The molecule has 0 spiro atoms. The number of aromatic nitrogens is 3. The quantitative estimate of drug-likeness (QED) is 0.347. The van der Waals surface area contributed by atoms with Gasteiger partial charge in [-0.05, 0) is 51.6 Å². The van der Waals surface area contributed by atoms with Gasteiger partial charge in [-0.3, -0.25) is 14.2 Å².